The molecule has 25 heteroatoms. The van der Waals surface area contributed by atoms with Crippen molar-refractivity contribution in [3.05, 3.63) is 29.8 Å². The molecule has 4 amide bonds. The smallest absolute Gasteiger partial charge is 0.372 e. The van der Waals surface area contributed by atoms with Gasteiger partial charge in [0, 0.05) is 88.9 Å². The molecule has 0 aliphatic heterocycles. The molecule has 1 aromatic carbocycles. The first-order valence-corrected chi connectivity index (χ1v) is 31.1. The maximum Gasteiger partial charge on any atom is 0.372 e. The van der Waals surface area contributed by atoms with Crippen LogP contribution in [0.5, 0.6) is 0 Å². The number of hydrogen-bond donors (Lipinski definition) is 9. The number of carbonyl (C=O) groups excluding carboxylic acids is 8. The lowest BCUT2D eigenvalue weighted by molar-refractivity contribution is -0.149. The minimum atomic E-state index is -1.47. The molecular weight excluding hydrogens is 1130 g/mol. The number of Topliss-reactive ketones (excluding diaryl/α,β-unsaturated/α-hetero) is 4. The topological polar surface area (TPSA) is 383 Å². The van der Waals surface area contributed by atoms with Gasteiger partial charge in [-0.2, -0.15) is 0 Å². The number of amides is 4. The van der Waals surface area contributed by atoms with Crippen LogP contribution in [0.4, 0.5) is 5.69 Å². The Kier molecular flexibility index (Phi) is 46.2. The number of nitrogens with one attached hydrogen (secondary N) is 5. The summed E-state index contributed by atoms with van der Waals surface area (Å²) in [6, 6.07) is 4.55. The molecule has 1 unspecified atom stereocenters. The van der Waals surface area contributed by atoms with E-state index < -0.39 is 78.3 Å². The van der Waals surface area contributed by atoms with Crippen LogP contribution in [-0.2, 0) is 71.7 Å². The third-order valence-electron chi connectivity index (χ3n) is 14.0. The number of aliphatic carboxylic acids is 4. The van der Waals surface area contributed by atoms with Crippen LogP contribution in [0.2, 0.25) is 0 Å². The van der Waals surface area contributed by atoms with Gasteiger partial charge in [-0.3, -0.25) is 43.2 Å². The Morgan fingerprint density at radius 1 is 0.414 bits per heavy atom. The minimum Gasteiger partial charge on any atom is -0.481 e. The predicted octanol–water partition coefficient (Wildman–Crippen LogP) is 6.54. The van der Waals surface area contributed by atoms with Gasteiger partial charge in [-0.05, 0) is 75.6 Å². The second-order valence-electron chi connectivity index (χ2n) is 21.6. The van der Waals surface area contributed by atoms with E-state index in [1.165, 1.54) is 6.42 Å². The van der Waals surface area contributed by atoms with Crippen LogP contribution >= 0.6 is 0 Å². The van der Waals surface area contributed by atoms with E-state index in [1.807, 2.05) is 12.1 Å². The average molecular weight is 1230 g/mol. The number of hydrogen-bond acceptors (Lipinski definition) is 17. The highest BCUT2D eigenvalue weighted by Crippen LogP contribution is 2.17. The molecule has 25 nitrogen and oxygen atoms in total. The Labute approximate surface area is 511 Å². The van der Waals surface area contributed by atoms with Gasteiger partial charge in [0.05, 0.1) is 39.0 Å². The van der Waals surface area contributed by atoms with Crippen LogP contribution < -0.4 is 26.6 Å². The molecule has 0 spiro atoms. The number of carboxylic acids is 4. The maximum atomic E-state index is 12.7. The summed E-state index contributed by atoms with van der Waals surface area (Å²) < 4.78 is 21.4. The number of carbonyl (C=O) groups is 12. The van der Waals surface area contributed by atoms with Crippen molar-refractivity contribution >= 4 is 76.3 Å². The normalized spacial score (nSPS) is 12.1. The maximum absolute atomic E-state index is 12.7. The Bertz CT molecular complexity index is 2210. The molecular formula is C62H99N5O20. The van der Waals surface area contributed by atoms with E-state index in [4.69, 9.17) is 24.1 Å². The van der Waals surface area contributed by atoms with Gasteiger partial charge in [-0.25, -0.2) is 14.4 Å². The quantitative estimate of drug-likeness (QED) is 0.0247. The molecule has 9 N–H and O–H groups in total. The molecule has 492 valence electrons. The lowest BCUT2D eigenvalue weighted by Crippen LogP contribution is -2.42. The van der Waals surface area contributed by atoms with Gasteiger partial charge in [-0.15, -0.1) is 0 Å². The molecule has 0 saturated carbocycles. The standard InChI is InChI=1S/C62H99N5O20/c1-2-3-34-63-48-27-24-46(25-28-48)58(75)65-35-18-20-51(70)44-86-41-40-85-38-36-64-55(72)33-26-47(59(76)77)43-50(69)30-32-53(61(80)81)67-57(74)45-87-42-39-84-37-19-21-49(68)29-31-52(60(78)79)66-56(73)23-17-15-13-11-9-7-5-4-6-8-10-12-14-16-22-54(71)62(82)83/h24-25,27-28,47,52-53,63H,2-23,26,29-45H2,1H3,(H,64,72)(H,65,75)(H,66,73)(H,67,74)(H,76,77)(H,78,79)(H,80,81)(H,82,83)/t47?,52-,53-/m0/s1. The SMILES string of the molecule is CCCCNc1ccc(C(=O)NCCCC(=O)COCCOCCNC(=O)CCC(CC(=O)CC[C@H](NC(=O)COCCOCCCC(=O)CC[C@H](NC(=O)CCCCCCCCCCCCCCCCC(=O)C(=O)O)C(=O)O)C(=O)O)C(=O)O)cc1. The predicted molar refractivity (Wildman–Crippen MR) is 321 cm³/mol. The largest absolute Gasteiger partial charge is 0.481 e. The van der Waals surface area contributed by atoms with Crippen LogP contribution in [0.15, 0.2) is 24.3 Å². The summed E-state index contributed by atoms with van der Waals surface area (Å²) in [7, 11) is 0. The van der Waals surface area contributed by atoms with E-state index in [0.717, 1.165) is 95.7 Å². The van der Waals surface area contributed by atoms with Gasteiger partial charge in [0.1, 0.15) is 36.9 Å². The Morgan fingerprint density at radius 2 is 0.931 bits per heavy atom. The summed E-state index contributed by atoms with van der Waals surface area (Å²) in [6.07, 6.45) is 16.0. The van der Waals surface area contributed by atoms with Crippen LogP contribution in [0.1, 0.15) is 203 Å². The summed E-state index contributed by atoms with van der Waals surface area (Å²) in [5, 5.41) is 51.0. The van der Waals surface area contributed by atoms with E-state index >= 15 is 0 Å². The second-order valence-corrected chi connectivity index (χ2v) is 21.6. The summed E-state index contributed by atoms with van der Waals surface area (Å²) in [5.74, 6) is -9.97. The second kappa shape index (κ2) is 51.4. The Hall–Kier alpha value is -6.70. The fourth-order valence-corrected chi connectivity index (χ4v) is 8.87. The third-order valence-corrected chi connectivity index (χ3v) is 14.0. The molecule has 3 atom stereocenters. The molecule has 0 aliphatic carbocycles. The van der Waals surface area contributed by atoms with Crippen molar-refractivity contribution < 1.29 is 96.9 Å². The van der Waals surface area contributed by atoms with Crippen molar-refractivity contribution in [2.75, 3.05) is 77.8 Å². The number of unbranched alkanes of at least 4 members (excludes halogenated alkanes) is 14. The first-order chi connectivity index (χ1) is 41.8. The van der Waals surface area contributed by atoms with Crippen LogP contribution in [-0.4, -0.2) is 176 Å². The van der Waals surface area contributed by atoms with E-state index in [9.17, 15) is 72.9 Å². The molecule has 0 heterocycles. The first-order valence-electron chi connectivity index (χ1n) is 31.1. The molecule has 1 rings (SSSR count). The molecule has 87 heavy (non-hydrogen) atoms. The number of ether oxygens (including phenoxy) is 4. The van der Waals surface area contributed by atoms with Gasteiger partial charge >= 0.3 is 23.9 Å². The van der Waals surface area contributed by atoms with Gasteiger partial charge in [0.25, 0.3) is 5.91 Å². The van der Waals surface area contributed by atoms with Crippen molar-refractivity contribution in [1.29, 1.82) is 0 Å². The molecule has 0 aromatic heterocycles. The molecule has 1 aromatic rings. The van der Waals surface area contributed by atoms with Crippen LogP contribution in [0.3, 0.4) is 0 Å². The van der Waals surface area contributed by atoms with Crippen molar-refractivity contribution in [1.82, 2.24) is 21.3 Å². The van der Waals surface area contributed by atoms with E-state index in [0.29, 0.717) is 37.8 Å². The van der Waals surface area contributed by atoms with Gasteiger partial charge < -0.3 is 66.0 Å². The van der Waals surface area contributed by atoms with Crippen molar-refractivity contribution in [3.63, 3.8) is 0 Å². The van der Waals surface area contributed by atoms with Gasteiger partial charge in [-0.1, -0.05) is 90.4 Å². The Morgan fingerprint density at radius 3 is 1.49 bits per heavy atom. The molecule has 0 radical (unpaired) electrons. The highest BCUT2D eigenvalue weighted by molar-refractivity contribution is 6.32. The number of ketones is 4. The first kappa shape index (κ1) is 78.3. The zero-order valence-electron chi connectivity index (χ0n) is 51.1. The Balaban J connectivity index is 2.11. The minimum absolute atomic E-state index is 0.0433. The lowest BCUT2D eigenvalue weighted by Gasteiger charge is -2.15. The van der Waals surface area contributed by atoms with E-state index in [1.54, 1.807) is 12.1 Å². The zero-order chi connectivity index (χ0) is 64.3. The summed E-state index contributed by atoms with van der Waals surface area (Å²) >= 11 is 0. The number of benzene rings is 1. The zero-order valence-corrected chi connectivity index (χ0v) is 51.1. The molecule has 0 fully saturated rings. The monoisotopic (exact) mass is 1230 g/mol. The van der Waals surface area contributed by atoms with Crippen LogP contribution in [0, 0.1) is 5.92 Å². The lowest BCUT2D eigenvalue weighted by atomic mass is 9.94. The fraction of sp³-hybridized carbons (Fsp3) is 0.710. The van der Waals surface area contributed by atoms with Crippen molar-refractivity contribution in [2.24, 2.45) is 5.92 Å². The molecule has 0 saturated heterocycles. The summed E-state index contributed by atoms with van der Waals surface area (Å²) in [4.78, 5) is 144. The van der Waals surface area contributed by atoms with Gasteiger partial charge in [0.2, 0.25) is 23.5 Å². The number of anilines is 1. The van der Waals surface area contributed by atoms with Crippen LogP contribution in [0.25, 0.3) is 0 Å². The highest BCUT2D eigenvalue weighted by Gasteiger charge is 2.26. The van der Waals surface area contributed by atoms with E-state index in [2.05, 4.69) is 33.5 Å². The van der Waals surface area contributed by atoms with Crippen molar-refractivity contribution in [2.45, 2.75) is 205 Å². The molecule has 0 bridgehead atoms. The van der Waals surface area contributed by atoms with Crippen molar-refractivity contribution in [3.8, 4) is 0 Å². The third kappa shape index (κ3) is 44.4. The van der Waals surface area contributed by atoms with Gasteiger partial charge in [0.15, 0.2) is 5.78 Å². The average Bonchev–Trinajstić information content (AvgIpc) is 3.70. The summed E-state index contributed by atoms with van der Waals surface area (Å²) in [5.41, 5.74) is 1.48. The highest BCUT2D eigenvalue weighted by atomic mass is 16.5. The summed E-state index contributed by atoms with van der Waals surface area (Å²) in [6.45, 7) is 3.36. The molecule has 0 aliphatic rings. The fourth-order valence-electron chi connectivity index (χ4n) is 8.87. The van der Waals surface area contributed by atoms with E-state index in [-0.39, 0.29) is 140 Å². The number of rotatable bonds is 60. The number of carboxylic acid groups (broad SMARTS) is 4.